The van der Waals surface area contributed by atoms with Crippen LogP contribution in [0.15, 0.2) is 30.3 Å². The molecule has 1 aromatic heterocycles. The smallest absolute Gasteiger partial charge is 0.249 e. The third kappa shape index (κ3) is 2.37. The van der Waals surface area contributed by atoms with Gasteiger partial charge in [-0.05, 0) is 19.0 Å². The largest absolute Gasteiger partial charge is 0.473 e. The highest BCUT2D eigenvalue weighted by molar-refractivity contribution is 6.05. The third-order valence-electron chi connectivity index (χ3n) is 3.26. The topological polar surface area (TPSA) is 77.2 Å². The summed E-state index contributed by atoms with van der Waals surface area (Å²) in [5.41, 5.74) is 6.59. The summed E-state index contributed by atoms with van der Waals surface area (Å²) < 4.78 is 5.79. The fourth-order valence-electron chi connectivity index (χ4n) is 2.31. The lowest BCUT2D eigenvalue weighted by molar-refractivity contribution is 0.100. The summed E-state index contributed by atoms with van der Waals surface area (Å²) >= 11 is 0. The molecule has 5 nitrogen and oxygen atoms in total. The number of carbonyl (C=O) groups excluding carboxylic acids is 1. The lowest BCUT2D eigenvalue weighted by Crippen LogP contribution is -2.20. The lowest BCUT2D eigenvalue weighted by Gasteiger charge is -2.13. The van der Waals surface area contributed by atoms with Crippen molar-refractivity contribution < 1.29 is 9.53 Å². The van der Waals surface area contributed by atoms with E-state index in [1.807, 2.05) is 24.3 Å². The van der Waals surface area contributed by atoms with Gasteiger partial charge in [0.1, 0.15) is 6.10 Å². The zero-order chi connectivity index (χ0) is 13.2. The molecule has 3 rings (SSSR count). The molecule has 1 atom stereocenters. The number of primary amides is 1. The van der Waals surface area contributed by atoms with E-state index in [0.29, 0.717) is 11.4 Å². The van der Waals surface area contributed by atoms with Gasteiger partial charge in [0.05, 0.1) is 11.1 Å². The predicted molar refractivity (Wildman–Crippen MR) is 72.2 cm³/mol. The van der Waals surface area contributed by atoms with Crippen LogP contribution in [0, 0.1) is 0 Å². The van der Waals surface area contributed by atoms with Crippen LogP contribution in [0.2, 0.25) is 0 Å². The van der Waals surface area contributed by atoms with Crippen LogP contribution in [0.1, 0.15) is 16.8 Å². The normalized spacial score (nSPS) is 18.6. The second-order valence-electron chi connectivity index (χ2n) is 4.62. The predicted octanol–water partition coefficient (Wildman–Crippen LogP) is 1.07. The molecule has 2 aromatic rings. The van der Waals surface area contributed by atoms with Gasteiger partial charge < -0.3 is 15.8 Å². The maximum atomic E-state index is 11.5. The first kappa shape index (κ1) is 11.9. The Balaban J connectivity index is 2.02. The summed E-state index contributed by atoms with van der Waals surface area (Å²) in [6.07, 6.45) is 1.05. The Morgan fingerprint density at radius 3 is 3.00 bits per heavy atom. The molecule has 2 heterocycles. The first-order valence-corrected chi connectivity index (χ1v) is 6.31. The number of ether oxygens (including phenoxy) is 1. The van der Waals surface area contributed by atoms with Crippen LogP contribution in [0.4, 0.5) is 0 Å². The quantitative estimate of drug-likeness (QED) is 0.862. The van der Waals surface area contributed by atoms with Crippen molar-refractivity contribution in [2.45, 2.75) is 12.5 Å². The molecule has 1 aromatic carbocycles. The van der Waals surface area contributed by atoms with Gasteiger partial charge in [0.15, 0.2) is 0 Å². The van der Waals surface area contributed by atoms with E-state index in [4.69, 9.17) is 10.5 Å². The third-order valence-corrected chi connectivity index (χ3v) is 3.26. The van der Waals surface area contributed by atoms with Crippen molar-refractivity contribution in [3.63, 3.8) is 0 Å². The number of nitrogens with one attached hydrogen (secondary N) is 1. The van der Waals surface area contributed by atoms with Gasteiger partial charge in [-0.3, -0.25) is 4.79 Å². The molecule has 0 bridgehead atoms. The van der Waals surface area contributed by atoms with Crippen LogP contribution >= 0.6 is 0 Å². The molecular weight excluding hydrogens is 242 g/mol. The Bertz CT molecular complexity index is 621. The van der Waals surface area contributed by atoms with E-state index in [-0.39, 0.29) is 6.10 Å². The summed E-state index contributed by atoms with van der Waals surface area (Å²) in [7, 11) is 0. The number of para-hydroxylation sites is 1. The van der Waals surface area contributed by atoms with Crippen molar-refractivity contribution in [3.05, 3.63) is 35.9 Å². The van der Waals surface area contributed by atoms with Crippen molar-refractivity contribution in [3.8, 4) is 5.88 Å². The Morgan fingerprint density at radius 2 is 2.26 bits per heavy atom. The van der Waals surface area contributed by atoms with Gasteiger partial charge >= 0.3 is 0 Å². The monoisotopic (exact) mass is 257 g/mol. The molecule has 0 saturated carbocycles. The maximum absolute atomic E-state index is 11.5. The molecule has 1 unspecified atom stereocenters. The highest BCUT2D eigenvalue weighted by Crippen LogP contribution is 2.23. The van der Waals surface area contributed by atoms with Gasteiger partial charge in [-0.1, -0.05) is 18.2 Å². The van der Waals surface area contributed by atoms with E-state index in [9.17, 15) is 4.79 Å². The Morgan fingerprint density at radius 1 is 1.42 bits per heavy atom. The molecule has 1 amide bonds. The zero-order valence-corrected chi connectivity index (χ0v) is 10.4. The molecule has 1 aliphatic heterocycles. The first-order valence-electron chi connectivity index (χ1n) is 6.31. The number of fused-ring (bicyclic) bond motifs is 1. The summed E-state index contributed by atoms with van der Waals surface area (Å²) in [6.45, 7) is 1.75. The number of amides is 1. The highest BCUT2D eigenvalue weighted by atomic mass is 16.5. The SMILES string of the molecule is NC(=O)c1cc(OC2CCNC2)nc2ccccc12. The number of nitrogens with two attached hydrogens (primary N) is 1. The summed E-state index contributed by atoms with van der Waals surface area (Å²) in [5.74, 6) is -0.00537. The Kier molecular flexibility index (Phi) is 3.05. The zero-order valence-electron chi connectivity index (χ0n) is 10.4. The molecule has 1 aliphatic rings. The van der Waals surface area contributed by atoms with E-state index in [1.165, 1.54) is 0 Å². The summed E-state index contributed by atoms with van der Waals surface area (Å²) in [4.78, 5) is 16.0. The number of benzene rings is 1. The summed E-state index contributed by atoms with van der Waals surface area (Å²) in [6, 6.07) is 9.05. The van der Waals surface area contributed by atoms with Crippen molar-refractivity contribution in [2.75, 3.05) is 13.1 Å². The number of pyridine rings is 1. The van der Waals surface area contributed by atoms with Crippen molar-refractivity contribution >= 4 is 16.8 Å². The second kappa shape index (κ2) is 4.85. The van der Waals surface area contributed by atoms with Crippen molar-refractivity contribution in [1.29, 1.82) is 0 Å². The van der Waals surface area contributed by atoms with E-state index in [0.717, 1.165) is 30.4 Å². The number of carbonyl (C=O) groups is 1. The fraction of sp³-hybridized carbons (Fsp3) is 0.286. The van der Waals surface area contributed by atoms with Crippen LogP contribution in [0.5, 0.6) is 5.88 Å². The molecule has 0 aliphatic carbocycles. The second-order valence-corrected chi connectivity index (χ2v) is 4.62. The molecule has 19 heavy (non-hydrogen) atoms. The van der Waals surface area contributed by atoms with Crippen LogP contribution in [0.3, 0.4) is 0 Å². The molecule has 1 saturated heterocycles. The van der Waals surface area contributed by atoms with E-state index < -0.39 is 5.91 Å². The number of hydrogen-bond donors (Lipinski definition) is 2. The van der Waals surface area contributed by atoms with Gasteiger partial charge in [-0.25, -0.2) is 4.98 Å². The van der Waals surface area contributed by atoms with E-state index in [2.05, 4.69) is 10.3 Å². The van der Waals surface area contributed by atoms with E-state index in [1.54, 1.807) is 6.07 Å². The lowest BCUT2D eigenvalue weighted by atomic mass is 10.1. The van der Waals surface area contributed by atoms with E-state index >= 15 is 0 Å². The van der Waals surface area contributed by atoms with Crippen LogP contribution in [-0.2, 0) is 0 Å². The van der Waals surface area contributed by atoms with Gasteiger partial charge in [0.25, 0.3) is 0 Å². The number of nitrogens with zero attached hydrogens (tertiary/aromatic N) is 1. The van der Waals surface area contributed by atoms with Crippen molar-refractivity contribution in [2.24, 2.45) is 5.73 Å². The van der Waals surface area contributed by atoms with Crippen LogP contribution in [0.25, 0.3) is 10.9 Å². The standard InChI is InChI=1S/C14H15N3O2/c15-14(18)11-7-13(19-9-5-6-16-8-9)17-12-4-2-1-3-10(11)12/h1-4,7,9,16H,5-6,8H2,(H2,15,18). The minimum Gasteiger partial charge on any atom is -0.473 e. The molecule has 3 N–H and O–H groups in total. The average Bonchev–Trinajstić information content (AvgIpc) is 2.90. The Hall–Kier alpha value is -2.14. The first-order chi connectivity index (χ1) is 9.24. The molecule has 98 valence electrons. The van der Waals surface area contributed by atoms with Gasteiger partial charge in [-0.2, -0.15) is 0 Å². The molecule has 1 fully saturated rings. The molecule has 0 radical (unpaired) electrons. The maximum Gasteiger partial charge on any atom is 0.249 e. The number of aromatic nitrogens is 1. The summed E-state index contributed by atoms with van der Waals surface area (Å²) in [5, 5.41) is 3.98. The average molecular weight is 257 g/mol. The minimum absolute atomic E-state index is 0.106. The van der Waals surface area contributed by atoms with Gasteiger partial charge in [0.2, 0.25) is 11.8 Å². The minimum atomic E-state index is -0.465. The van der Waals surface area contributed by atoms with Gasteiger partial charge in [0, 0.05) is 18.0 Å². The van der Waals surface area contributed by atoms with Crippen LogP contribution < -0.4 is 15.8 Å². The fourth-order valence-corrected chi connectivity index (χ4v) is 2.31. The Labute approximate surface area is 110 Å². The number of hydrogen-bond acceptors (Lipinski definition) is 4. The highest BCUT2D eigenvalue weighted by Gasteiger charge is 2.18. The molecular formula is C14H15N3O2. The van der Waals surface area contributed by atoms with Gasteiger partial charge in [-0.15, -0.1) is 0 Å². The van der Waals surface area contributed by atoms with Crippen molar-refractivity contribution in [1.82, 2.24) is 10.3 Å². The van der Waals surface area contributed by atoms with Crippen LogP contribution in [-0.4, -0.2) is 30.1 Å². The molecule has 5 heteroatoms. The molecule has 0 spiro atoms. The number of rotatable bonds is 3.